The summed E-state index contributed by atoms with van der Waals surface area (Å²) in [6.07, 6.45) is 2.64. The Hall–Kier alpha value is -3.00. The van der Waals surface area contributed by atoms with Gasteiger partial charge < -0.3 is 20.2 Å². The van der Waals surface area contributed by atoms with E-state index in [1.54, 1.807) is 29.8 Å². The summed E-state index contributed by atoms with van der Waals surface area (Å²) in [5.41, 5.74) is 4.09. The molecule has 5 rings (SSSR count). The third-order valence-corrected chi connectivity index (χ3v) is 7.20. The smallest absolute Gasteiger partial charge is 0.151 e. The molecule has 164 valence electrons. The van der Waals surface area contributed by atoms with Crippen LogP contribution in [-0.2, 0) is 6.42 Å². The van der Waals surface area contributed by atoms with E-state index < -0.39 is 0 Å². The highest BCUT2D eigenvalue weighted by molar-refractivity contribution is 7.22. The number of phenols is 1. The first-order chi connectivity index (χ1) is 15.7. The Labute approximate surface area is 192 Å². The fraction of sp³-hybridized carbons (Fsp3) is 0.280. The van der Waals surface area contributed by atoms with Crippen LogP contribution in [0.5, 0.6) is 5.75 Å². The van der Waals surface area contributed by atoms with Gasteiger partial charge in [0.05, 0.1) is 15.9 Å². The molecule has 7 heteroatoms. The minimum absolute atomic E-state index is 0.197. The minimum Gasteiger partial charge on any atom is -0.506 e. The number of hydrogen-bond acceptors (Lipinski definition) is 7. The molecule has 1 aliphatic rings. The molecule has 2 aromatic heterocycles. The lowest BCUT2D eigenvalue weighted by Gasteiger charge is -2.32. The summed E-state index contributed by atoms with van der Waals surface area (Å²) >= 11 is 1.66. The second kappa shape index (κ2) is 9.24. The van der Waals surface area contributed by atoms with E-state index in [0.29, 0.717) is 11.5 Å². The molecule has 0 unspecified atom stereocenters. The van der Waals surface area contributed by atoms with Gasteiger partial charge in [0.2, 0.25) is 0 Å². The summed E-state index contributed by atoms with van der Waals surface area (Å²) in [6, 6.07) is 18.2. The van der Waals surface area contributed by atoms with Gasteiger partial charge >= 0.3 is 0 Å². The van der Waals surface area contributed by atoms with E-state index in [4.69, 9.17) is 0 Å². The molecule has 3 heterocycles. The fourth-order valence-electron chi connectivity index (χ4n) is 3.99. The zero-order chi connectivity index (χ0) is 21.9. The van der Waals surface area contributed by atoms with Crippen LogP contribution >= 0.6 is 11.3 Å². The molecule has 0 amide bonds. The van der Waals surface area contributed by atoms with Crippen molar-refractivity contribution in [3.63, 3.8) is 0 Å². The molecule has 4 aromatic rings. The van der Waals surface area contributed by atoms with Gasteiger partial charge in [-0.3, -0.25) is 0 Å². The first kappa shape index (κ1) is 20.9. The molecule has 0 aliphatic carbocycles. The molecular weight excluding hydrogens is 418 g/mol. The zero-order valence-electron chi connectivity index (χ0n) is 18.2. The average Bonchev–Trinajstić information content (AvgIpc) is 3.26. The van der Waals surface area contributed by atoms with Crippen molar-refractivity contribution in [2.75, 3.05) is 45.1 Å². The van der Waals surface area contributed by atoms with Gasteiger partial charge in [-0.25, -0.2) is 9.97 Å². The lowest BCUT2D eigenvalue weighted by molar-refractivity contribution is 0.155. The topological polar surface area (TPSA) is 64.5 Å². The number of fused-ring (bicyclic) bond motifs is 1. The van der Waals surface area contributed by atoms with Crippen molar-refractivity contribution in [1.82, 2.24) is 19.8 Å². The number of piperazine rings is 1. The summed E-state index contributed by atoms with van der Waals surface area (Å²) in [5.74, 6) is 0.903. The molecule has 0 bridgehead atoms. The highest BCUT2D eigenvalue weighted by Gasteiger charge is 2.14. The van der Waals surface area contributed by atoms with Gasteiger partial charge in [-0.2, -0.15) is 0 Å². The van der Waals surface area contributed by atoms with E-state index in [-0.39, 0.29) is 5.75 Å². The number of nitrogens with zero attached hydrogens (tertiary/aromatic N) is 4. The molecule has 0 spiro atoms. The molecule has 1 aliphatic heterocycles. The lowest BCUT2D eigenvalue weighted by Crippen LogP contribution is -2.45. The van der Waals surface area contributed by atoms with Gasteiger partial charge in [0.25, 0.3) is 0 Å². The van der Waals surface area contributed by atoms with Crippen molar-refractivity contribution in [2.45, 2.75) is 6.42 Å². The van der Waals surface area contributed by atoms with Crippen LogP contribution in [0, 0.1) is 0 Å². The third kappa shape index (κ3) is 4.60. The summed E-state index contributed by atoms with van der Waals surface area (Å²) in [5, 5.41) is 13.3. The Balaban J connectivity index is 1.31. The van der Waals surface area contributed by atoms with Crippen LogP contribution in [0.25, 0.3) is 20.7 Å². The van der Waals surface area contributed by atoms with Gasteiger partial charge in [-0.05, 0) is 42.8 Å². The number of thiophene rings is 1. The molecule has 0 radical (unpaired) electrons. The maximum atomic E-state index is 10.1. The molecular formula is C25H27N5OS. The maximum absolute atomic E-state index is 10.1. The number of likely N-dealkylation sites (N-methyl/N-ethyl adjacent to an activating group) is 1. The van der Waals surface area contributed by atoms with Crippen LogP contribution in [0.4, 0.5) is 11.5 Å². The third-order valence-electron chi connectivity index (χ3n) is 6.02. The Morgan fingerprint density at radius 2 is 1.78 bits per heavy atom. The molecule has 6 nitrogen and oxygen atoms in total. The number of hydrogen-bond donors (Lipinski definition) is 2. The second-order valence-electron chi connectivity index (χ2n) is 8.28. The predicted octanol–water partition coefficient (Wildman–Crippen LogP) is 4.60. The van der Waals surface area contributed by atoms with E-state index in [2.05, 4.69) is 62.5 Å². The highest BCUT2D eigenvalue weighted by atomic mass is 32.1. The number of para-hydroxylation sites is 2. The van der Waals surface area contributed by atoms with E-state index in [9.17, 15) is 5.11 Å². The first-order valence-electron chi connectivity index (χ1n) is 11.0. The average molecular weight is 446 g/mol. The Morgan fingerprint density at radius 3 is 2.56 bits per heavy atom. The largest absolute Gasteiger partial charge is 0.506 e. The molecule has 2 N–H and O–H groups in total. The summed E-state index contributed by atoms with van der Waals surface area (Å²) < 4.78 is 0.977. The first-order valence-corrected chi connectivity index (χ1v) is 11.8. The van der Waals surface area contributed by atoms with Crippen molar-refractivity contribution < 1.29 is 5.11 Å². The van der Waals surface area contributed by atoms with E-state index in [1.165, 1.54) is 11.1 Å². The van der Waals surface area contributed by atoms with Crippen molar-refractivity contribution >= 4 is 33.1 Å². The van der Waals surface area contributed by atoms with Crippen LogP contribution in [0.2, 0.25) is 0 Å². The van der Waals surface area contributed by atoms with E-state index in [1.807, 2.05) is 12.1 Å². The van der Waals surface area contributed by atoms with Crippen molar-refractivity contribution in [3.8, 4) is 16.2 Å². The minimum atomic E-state index is 0.197. The molecule has 32 heavy (non-hydrogen) atoms. The molecule has 1 saturated heterocycles. The number of nitrogens with one attached hydrogen (secondary N) is 1. The molecule has 0 atom stereocenters. The van der Waals surface area contributed by atoms with Crippen LogP contribution < -0.4 is 5.32 Å². The van der Waals surface area contributed by atoms with Gasteiger partial charge in [0.1, 0.15) is 12.1 Å². The van der Waals surface area contributed by atoms with Crippen LogP contribution in [0.3, 0.4) is 0 Å². The molecule has 2 aromatic carbocycles. The standard InChI is InChI=1S/C25H27N5OS/c1-29-12-14-30(15-13-29)11-10-18-6-8-19(9-7-18)23-16-21-24(32-23)25(27-17-26-21)28-20-4-2-3-5-22(20)31/h2-9,16-17,31H,10-15H2,1H3,(H,26,27,28). The van der Waals surface area contributed by atoms with E-state index >= 15 is 0 Å². The van der Waals surface area contributed by atoms with Crippen molar-refractivity contribution in [3.05, 3.63) is 66.5 Å². The van der Waals surface area contributed by atoms with Crippen LogP contribution in [0.15, 0.2) is 60.9 Å². The normalized spacial score (nSPS) is 15.3. The number of benzene rings is 2. The lowest BCUT2D eigenvalue weighted by atomic mass is 10.1. The van der Waals surface area contributed by atoms with Gasteiger partial charge in [-0.15, -0.1) is 11.3 Å². The summed E-state index contributed by atoms with van der Waals surface area (Å²) in [4.78, 5) is 15.0. The van der Waals surface area contributed by atoms with Gasteiger partial charge in [0.15, 0.2) is 5.82 Å². The van der Waals surface area contributed by atoms with Gasteiger partial charge in [-0.1, -0.05) is 36.4 Å². The van der Waals surface area contributed by atoms with Gasteiger partial charge in [0, 0.05) is 37.6 Å². The molecule has 1 fully saturated rings. The predicted molar refractivity (Wildman–Crippen MR) is 132 cm³/mol. The number of aromatic nitrogens is 2. The summed E-state index contributed by atoms with van der Waals surface area (Å²) in [6.45, 7) is 5.76. The Kier molecular flexibility index (Phi) is 6.03. The summed E-state index contributed by atoms with van der Waals surface area (Å²) in [7, 11) is 2.19. The van der Waals surface area contributed by atoms with Crippen LogP contribution in [0.1, 0.15) is 5.56 Å². The monoisotopic (exact) mass is 445 g/mol. The van der Waals surface area contributed by atoms with E-state index in [0.717, 1.165) is 54.2 Å². The second-order valence-corrected chi connectivity index (χ2v) is 9.33. The Bertz CT molecular complexity index is 1200. The quantitative estimate of drug-likeness (QED) is 0.423. The number of rotatable bonds is 6. The number of anilines is 2. The fourth-order valence-corrected chi connectivity index (χ4v) is 5.05. The highest BCUT2D eigenvalue weighted by Crippen LogP contribution is 2.37. The number of phenolic OH excluding ortho intramolecular Hbond substituents is 1. The number of aromatic hydroxyl groups is 1. The SMILES string of the molecule is CN1CCN(CCc2ccc(-c3cc4ncnc(Nc5ccccc5O)c4s3)cc2)CC1. The Morgan fingerprint density at radius 1 is 1.00 bits per heavy atom. The molecule has 0 saturated carbocycles. The van der Waals surface area contributed by atoms with Crippen molar-refractivity contribution in [2.24, 2.45) is 0 Å². The van der Waals surface area contributed by atoms with Crippen LogP contribution in [-0.4, -0.2) is 64.6 Å². The zero-order valence-corrected chi connectivity index (χ0v) is 19.0. The maximum Gasteiger partial charge on any atom is 0.151 e. The van der Waals surface area contributed by atoms with Crippen molar-refractivity contribution in [1.29, 1.82) is 0 Å².